The number of benzene rings is 3. The van der Waals surface area contributed by atoms with Crippen LogP contribution in [0.4, 0.5) is 0 Å². The number of ether oxygens (including phenoxy) is 5. The first-order valence-corrected chi connectivity index (χ1v) is 14.7. The topological polar surface area (TPSA) is 208 Å². The maximum Gasteiger partial charge on any atom is 0.348 e. The van der Waals surface area contributed by atoms with E-state index in [-0.39, 0.29) is 43.8 Å². The van der Waals surface area contributed by atoms with Crippen molar-refractivity contribution in [2.45, 2.75) is 82.2 Å². The minimum absolute atomic E-state index is 0.00746. The van der Waals surface area contributed by atoms with Gasteiger partial charge < -0.3 is 58.1 Å². The molecule has 2 aromatic heterocycles. The van der Waals surface area contributed by atoms with Crippen LogP contribution in [0.25, 0.3) is 43.5 Å². The first kappa shape index (κ1) is 30.8. The van der Waals surface area contributed by atoms with Crippen molar-refractivity contribution < 1.29 is 58.1 Å². The lowest BCUT2D eigenvalue weighted by Gasteiger charge is -2.46. The van der Waals surface area contributed by atoms with Gasteiger partial charge in [0.15, 0.2) is 18.0 Å². The van der Waals surface area contributed by atoms with Gasteiger partial charge in [-0.05, 0) is 38.5 Å². The van der Waals surface area contributed by atoms with Crippen molar-refractivity contribution in [3.05, 3.63) is 56.7 Å². The van der Waals surface area contributed by atoms with Gasteiger partial charge in [-0.15, -0.1) is 0 Å². The molecule has 2 aliphatic rings. The van der Waals surface area contributed by atoms with Crippen LogP contribution in [0.2, 0.25) is 0 Å². The number of fused-ring (bicyclic) bond motifs is 2. The summed E-state index contributed by atoms with van der Waals surface area (Å²) in [5.41, 5.74) is -0.899. The van der Waals surface area contributed by atoms with Crippen molar-refractivity contribution in [1.29, 1.82) is 0 Å². The Morgan fingerprint density at radius 2 is 1.41 bits per heavy atom. The third kappa shape index (κ3) is 4.48. The van der Waals surface area contributed by atoms with E-state index in [4.69, 9.17) is 32.5 Å². The molecular formula is C32H32O14. The van der Waals surface area contributed by atoms with E-state index in [2.05, 4.69) is 0 Å². The molecule has 0 radical (unpaired) electrons. The highest BCUT2D eigenvalue weighted by Gasteiger charge is 2.50. The average molecular weight is 641 g/mol. The van der Waals surface area contributed by atoms with Crippen LogP contribution in [-0.2, 0) is 18.9 Å². The van der Waals surface area contributed by atoms with Gasteiger partial charge in [-0.25, -0.2) is 9.59 Å². The molecular weight excluding hydrogens is 608 g/mol. The van der Waals surface area contributed by atoms with Gasteiger partial charge in [-0.2, -0.15) is 0 Å². The molecule has 0 bridgehead atoms. The van der Waals surface area contributed by atoms with Crippen molar-refractivity contribution in [2.24, 2.45) is 0 Å². The molecule has 4 heterocycles. The molecule has 0 amide bonds. The third-order valence-electron chi connectivity index (χ3n) is 9.03. The molecule has 2 aliphatic heterocycles. The minimum atomic E-state index is -1.60. The monoisotopic (exact) mass is 640 g/mol. The number of aryl methyl sites for hydroxylation is 1. The van der Waals surface area contributed by atoms with Crippen molar-refractivity contribution in [2.75, 3.05) is 7.11 Å². The van der Waals surface area contributed by atoms with Gasteiger partial charge >= 0.3 is 11.3 Å². The summed E-state index contributed by atoms with van der Waals surface area (Å²) in [6.07, 6.45) is -13.0. The van der Waals surface area contributed by atoms with E-state index in [0.29, 0.717) is 10.9 Å². The quantitative estimate of drug-likeness (QED) is 0.104. The third-order valence-corrected chi connectivity index (χ3v) is 9.03. The number of hydrogen-bond donors (Lipinski definition) is 5. The van der Waals surface area contributed by atoms with Gasteiger partial charge in [0.25, 0.3) is 0 Å². The molecule has 0 unspecified atom stereocenters. The summed E-state index contributed by atoms with van der Waals surface area (Å²) in [6.45, 7) is 4.77. The fraction of sp³-hybridized carbons (Fsp3) is 0.438. The van der Waals surface area contributed by atoms with Gasteiger partial charge in [-0.3, -0.25) is 0 Å². The molecule has 3 aromatic carbocycles. The lowest BCUT2D eigenvalue weighted by Crippen LogP contribution is -2.64. The first-order valence-electron chi connectivity index (χ1n) is 14.7. The summed E-state index contributed by atoms with van der Waals surface area (Å²) in [5.74, 6) is -0.425. The normalized spacial score (nSPS) is 32.2. The lowest BCUT2D eigenvalue weighted by atomic mass is 9.95. The number of rotatable bonds is 5. The molecule has 46 heavy (non-hydrogen) atoms. The van der Waals surface area contributed by atoms with E-state index in [1.807, 2.05) is 0 Å². The molecule has 14 heteroatoms. The van der Waals surface area contributed by atoms with Crippen molar-refractivity contribution in [3.8, 4) is 11.5 Å². The van der Waals surface area contributed by atoms with Crippen LogP contribution in [0, 0.1) is 6.92 Å². The van der Waals surface area contributed by atoms with Gasteiger partial charge in [-0.1, -0.05) is 18.2 Å². The van der Waals surface area contributed by atoms with Crippen LogP contribution < -0.4 is 16.0 Å². The van der Waals surface area contributed by atoms with Crippen LogP contribution in [0.5, 0.6) is 11.5 Å². The van der Waals surface area contributed by atoms with E-state index in [1.165, 1.54) is 32.2 Å². The highest BCUT2D eigenvalue weighted by Crippen LogP contribution is 2.45. The fourth-order valence-corrected chi connectivity index (χ4v) is 6.58. The highest BCUT2D eigenvalue weighted by atomic mass is 16.8. The smallest absolute Gasteiger partial charge is 0.348 e. The van der Waals surface area contributed by atoms with E-state index in [9.17, 15) is 35.1 Å². The van der Waals surface area contributed by atoms with Gasteiger partial charge in [0.05, 0.1) is 23.0 Å². The Hall–Kier alpha value is -3.86. The second-order valence-electron chi connectivity index (χ2n) is 11.8. The average Bonchev–Trinajstić information content (AvgIpc) is 3.02. The number of phenolic OH excluding ortho intramolecular Hbond substituents is 1. The summed E-state index contributed by atoms with van der Waals surface area (Å²) in [7, 11) is 1.30. The number of aliphatic hydroxyl groups excluding tert-OH is 4. The molecule has 0 spiro atoms. The Balaban J connectivity index is 1.38. The van der Waals surface area contributed by atoms with Crippen LogP contribution in [0.15, 0.2) is 48.8 Å². The number of aliphatic hydroxyl groups is 4. The molecule has 0 aliphatic carbocycles. The molecule has 2 saturated heterocycles. The summed E-state index contributed by atoms with van der Waals surface area (Å²) in [5, 5.41) is 55.1. The van der Waals surface area contributed by atoms with Crippen molar-refractivity contribution in [3.63, 3.8) is 0 Å². The standard InChI is InChI=1S/C32H32O14/c1-10-8-9-15-18-16(10)29(38)45-26-17-13(23(35)20(19(18)26)30(39)43-15)6-5-7-14(17)44-32-28(24(36)21(33)11(2)42-32)46-31-25(37)27(40-4)22(34)12(3)41-31/h5-9,11-12,21-22,24-25,27-28,31-37H,1-4H3/t11-,12-,21+,22+,24+,25+,27+,28-,31+,32-/m0/s1. The Morgan fingerprint density at radius 1 is 0.717 bits per heavy atom. The number of hydrogen-bond acceptors (Lipinski definition) is 14. The largest absolute Gasteiger partial charge is 0.506 e. The van der Waals surface area contributed by atoms with Crippen LogP contribution >= 0.6 is 0 Å². The zero-order valence-electron chi connectivity index (χ0n) is 25.1. The number of aromatic hydroxyl groups is 1. The molecule has 10 atom stereocenters. The van der Waals surface area contributed by atoms with E-state index < -0.39 is 78.4 Å². The predicted octanol–water partition coefficient (Wildman–Crippen LogP) is 1.37. The number of methoxy groups -OCH3 is 1. The second-order valence-corrected chi connectivity index (χ2v) is 11.8. The van der Waals surface area contributed by atoms with E-state index >= 15 is 0 Å². The lowest BCUT2D eigenvalue weighted by molar-refractivity contribution is -0.353. The summed E-state index contributed by atoms with van der Waals surface area (Å²) in [4.78, 5) is 26.5. The van der Waals surface area contributed by atoms with Gasteiger partial charge in [0.2, 0.25) is 6.29 Å². The van der Waals surface area contributed by atoms with Crippen LogP contribution in [0.3, 0.4) is 0 Å². The molecule has 7 rings (SSSR count). The minimum Gasteiger partial charge on any atom is -0.506 e. The maximum absolute atomic E-state index is 13.4. The van der Waals surface area contributed by atoms with Crippen molar-refractivity contribution in [1.82, 2.24) is 0 Å². The molecule has 5 N–H and O–H groups in total. The molecule has 5 aromatic rings. The summed E-state index contributed by atoms with van der Waals surface area (Å²) >= 11 is 0. The molecule has 0 saturated carbocycles. The second kappa shape index (κ2) is 11.1. The maximum atomic E-state index is 13.4. The summed E-state index contributed by atoms with van der Waals surface area (Å²) in [6, 6.07) is 7.70. The molecule has 2 fully saturated rings. The number of phenols is 1. The van der Waals surface area contributed by atoms with E-state index in [0.717, 1.165) is 0 Å². The zero-order chi connectivity index (χ0) is 32.8. The van der Waals surface area contributed by atoms with Gasteiger partial charge in [0.1, 0.15) is 53.0 Å². The molecule has 14 nitrogen and oxygen atoms in total. The Kier molecular flexibility index (Phi) is 7.45. The highest BCUT2D eigenvalue weighted by molar-refractivity contribution is 6.28. The first-order chi connectivity index (χ1) is 21.9. The van der Waals surface area contributed by atoms with Crippen LogP contribution in [0.1, 0.15) is 19.4 Å². The SMILES string of the molecule is CO[C@H]1[C@@H](O)[C@@H](O[C@@H]2[C@H](Oc3cccc4c(O)c5c(=O)oc6ccc(C)c7c(=O)oc(c34)c5c67)O[C@@H](C)[C@@H](O)[C@H]2O)O[C@@H](C)[C@H]1O. The fourth-order valence-electron chi connectivity index (χ4n) is 6.58. The van der Waals surface area contributed by atoms with Crippen molar-refractivity contribution >= 4 is 43.5 Å². The molecule has 244 valence electrons. The Labute approximate surface area is 259 Å². The zero-order valence-corrected chi connectivity index (χ0v) is 25.1. The predicted molar refractivity (Wildman–Crippen MR) is 160 cm³/mol. The van der Waals surface area contributed by atoms with Crippen LogP contribution in [-0.4, -0.2) is 94.1 Å². The van der Waals surface area contributed by atoms with Gasteiger partial charge in [0, 0.05) is 23.3 Å². The van der Waals surface area contributed by atoms with E-state index in [1.54, 1.807) is 26.0 Å². The Morgan fingerprint density at radius 3 is 2.15 bits per heavy atom. The summed E-state index contributed by atoms with van der Waals surface area (Å²) < 4.78 is 40.4. The Bertz CT molecular complexity index is 2070.